The van der Waals surface area contributed by atoms with E-state index >= 15 is 0 Å². The zero-order valence-corrected chi connectivity index (χ0v) is 18.1. The number of halogens is 6. The van der Waals surface area contributed by atoms with Crippen LogP contribution in [-0.2, 0) is 19.7 Å². The molecule has 26 heavy (non-hydrogen) atoms. The van der Waals surface area contributed by atoms with Gasteiger partial charge >= 0.3 is 0 Å². The molecule has 142 valence electrons. The van der Waals surface area contributed by atoms with Crippen molar-refractivity contribution in [2.45, 2.75) is 16.6 Å². The number of aromatic nitrogens is 3. The van der Waals surface area contributed by atoms with Gasteiger partial charge in [-0.2, -0.15) is 15.0 Å². The van der Waals surface area contributed by atoms with E-state index in [4.69, 9.17) is 69.6 Å². The third-order valence-electron chi connectivity index (χ3n) is 2.72. The fourth-order valence-corrected chi connectivity index (χ4v) is 4.04. The van der Waals surface area contributed by atoms with Gasteiger partial charge in [0, 0.05) is 5.56 Å². The lowest BCUT2D eigenvalue weighted by atomic mass is 10.2. The van der Waals surface area contributed by atoms with Crippen LogP contribution in [0.25, 0.3) is 11.4 Å². The fraction of sp³-hybridized carbons (Fsp3) is 0.182. The van der Waals surface area contributed by atoms with Gasteiger partial charge in [0.15, 0.2) is 5.82 Å². The van der Waals surface area contributed by atoms with Crippen molar-refractivity contribution in [3.05, 3.63) is 30.3 Å². The summed E-state index contributed by atoms with van der Waals surface area (Å²) < 4.78 is 43.6. The van der Waals surface area contributed by atoms with Crippen LogP contribution in [0, 0.1) is 0 Å². The molecule has 0 spiro atoms. The van der Waals surface area contributed by atoms with Crippen LogP contribution in [0.4, 0.5) is 0 Å². The molecular weight excluding hydrogens is 515 g/mol. The summed E-state index contributed by atoms with van der Waals surface area (Å²) in [5, 5.41) is -2.22. The lowest BCUT2D eigenvalue weighted by Gasteiger charge is -2.15. The molecule has 0 fully saturated rings. The van der Waals surface area contributed by atoms with E-state index in [2.05, 4.69) is 15.0 Å². The lowest BCUT2D eigenvalue weighted by molar-refractivity contribution is 0.571. The Balaban J connectivity index is 2.86. The lowest BCUT2D eigenvalue weighted by Crippen LogP contribution is -2.27. The summed E-state index contributed by atoms with van der Waals surface area (Å²) in [4.78, 5) is 10.7. The first kappa shape index (κ1) is 22.2. The number of hydrogen-bond acceptors (Lipinski definition) is 7. The Kier molecular flexibility index (Phi) is 6.28. The monoisotopic (exact) mass is 517 g/mol. The van der Waals surface area contributed by atoms with E-state index in [0.717, 1.165) is 0 Å². The Morgan fingerprint density at radius 2 is 1.04 bits per heavy atom. The van der Waals surface area contributed by atoms with Crippen molar-refractivity contribution < 1.29 is 16.8 Å². The van der Waals surface area contributed by atoms with Crippen molar-refractivity contribution >= 4 is 89.3 Å². The molecule has 15 heteroatoms. The number of rotatable bonds is 3. The van der Waals surface area contributed by atoms with E-state index in [9.17, 15) is 16.8 Å². The van der Waals surface area contributed by atoms with Crippen LogP contribution in [0.15, 0.2) is 40.6 Å². The van der Waals surface area contributed by atoms with Crippen molar-refractivity contribution in [1.29, 1.82) is 0 Å². The van der Waals surface area contributed by atoms with Crippen molar-refractivity contribution in [3.8, 4) is 11.4 Å². The van der Waals surface area contributed by atoms with Crippen LogP contribution in [0.5, 0.6) is 0 Å². The summed E-state index contributed by atoms with van der Waals surface area (Å²) in [6, 6.07) is 7.76. The van der Waals surface area contributed by atoms with Crippen LogP contribution < -0.4 is 0 Å². The molecule has 0 atom stereocenters. The quantitative estimate of drug-likeness (QED) is 0.568. The molecule has 0 radical (unpaired) electrons. The van der Waals surface area contributed by atoms with E-state index in [1.165, 1.54) is 12.1 Å². The normalized spacial score (nSPS) is 13.6. The highest BCUT2D eigenvalue weighted by Crippen LogP contribution is 2.39. The third kappa shape index (κ3) is 4.30. The number of sulfone groups is 2. The molecule has 1 aromatic heterocycles. The van der Waals surface area contributed by atoms with E-state index in [0.29, 0.717) is 0 Å². The summed E-state index contributed by atoms with van der Waals surface area (Å²) in [5.74, 6) is -0.346. The smallest absolute Gasteiger partial charge is 0.216 e. The zero-order valence-electron chi connectivity index (χ0n) is 11.9. The molecule has 0 unspecified atom stereocenters. The van der Waals surface area contributed by atoms with Gasteiger partial charge in [0.1, 0.15) is 0 Å². The Morgan fingerprint density at radius 1 is 0.654 bits per heavy atom. The molecule has 0 bridgehead atoms. The Labute approximate surface area is 178 Å². The van der Waals surface area contributed by atoms with Crippen molar-refractivity contribution in [1.82, 2.24) is 15.0 Å². The number of alkyl halides is 6. The van der Waals surface area contributed by atoms with Crippen LogP contribution in [0.2, 0.25) is 0 Å². The van der Waals surface area contributed by atoms with E-state index < -0.39 is 36.2 Å². The average molecular weight is 520 g/mol. The molecule has 7 nitrogen and oxygen atoms in total. The Hall–Kier alpha value is -0.130. The van der Waals surface area contributed by atoms with Crippen molar-refractivity contribution in [2.75, 3.05) is 0 Å². The van der Waals surface area contributed by atoms with E-state index in [1.807, 2.05) is 0 Å². The number of nitrogens with zero attached hydrogens (tertiary/aromatic N) is 3. The maximum absolute atomic E-state index is 12.3. The van der Waals surface area contributed by atoms with Gasteiger partial charge < -0.3 is 0 Å². The van der Waals surface area contributed by atoms with Crippen molar-refractivity contribution in [2.24, 2.45) is 0 Å². The second kappa shape index (κ2) is 7.36. The number of benzene rings is 1. The first-order valence-electron chi connectivity index (χ1n) is 6.12. The molecule has 2 rings (SSSR count). The first-order chi connectivity index (χ1) is 11.7. The summed E-state index contributed by atoms with van der Waals surface area (Å²) in [5.41, 5.74) is 0.247. The predicted octanol–water partition coefficient (Wildman–Crippen LogP) is 3.74. The van der Waals surface area contributed by atoms with Gasteiger partial charge in [0.2, 0.25) is 0 Å². The molecular formula is C11H5Cl6N3O4S2. The van der Waals surface area contributed by atoms with Gasteiger partial charge in [-0.05, 0) is 0 Å². The van der Waals surface area contributed by atoms with Gasteiger partial charge in [0.05, 0.1) is 0 Å². The highest BCUT2D eigenvalue weighted by molar-refractivity contribution is 7.97. The van der Waals surface area contributed by atoms with Gasteiger partial charge in [-0.3, -0.25) is 0 Å². The maximum Gasteiger partial charge on any atom is 0.300 e. The van der Waals surface area contributed by atoms with E-state index in [1.54, 1.807) is 18.2 Å². The third-order valence-corrected chi connectivity index (χ3v) is 8.92. The molecule has 0 N–H and O–H groups in total. The average Bonchev–Trinajstić information content (AvgIpc) is 2.53. The fourth-order valence-electron chi connectivity index (χ4n) is 1.50. The molecule has 1 aromatic carbocycles. The summed E-state index contributed by atoms with van der Waals surface area (Å²) in [6.07, 6.45) is 0. The minimum Gasteiger partial charge on any atom is -0.216 e. The van der Waals surface area contributed by atoms with Crippen LogP contribution >= 0.6 is 69.6 Å². The highest BCUT2D eigenvalue weighted by atomic mass is 35.6. The first-order valence-corrected chi connectivity index (χ1v) is 11.4. The minimum absolute atomic E-state index is 0.247. The van der Waals surface area contributed by atoms with Crippen LogP contribution in [0.1, 0.15) is 0 Å². The molecule has 1 heterocycles. The predicted molar refractivity (Wildman–Crippen MR) is 100 cm³/mol. The molecule has 0 saturated carbocycles. The summed E-state index contributed by atoms with van der Waals surface area (Å²) in [7, 11) is -9.59. The molecule has 0 saturated heterocycles. The Bertz CT molecular complexity index is 972. The summed E-state index contributed by atoms with van der Waals surface area (Å²) in [6.45, 7) is 0. The molecule has 0 aliphatic carbocycles. The summed E-state index contributed by atoms with van der Waals surface area (Å²) >= 11 is 32.6. The Morgan fingerprint density at radius 3 is 1.38 bits per heavy atom. The highest BCUT2D eigenvalue weighted by Gasteiger charge is 2.46. The topological polar surface area (TPSA) is 107 Å². The second-order valence-corrected chi connectivity index (χ2v) is 14.4. The SMILES string of the molecule is O=S(=O)(c1nc(-c2ccccc2)nc(S(=O)(=O)C(Cl)(Cl)Cl)n1)C(Cl)(Cl)Cl. The van der Waals surface area contributed by atoms with Crippen LogP contribution in [-0.4, -0.2) is 38.0 Å². The number of hydrogen-bond donors (Lipinski definition) is 0. The standard InChI is InChI=1S/C11H5Cl6N3O4S2/c12-10(13,14)25(21,22)8-18-7(6-4-2-1-3-5-6)19-9(20-8)26(23,24)11(15,16)17/h1-5H. The second-order valence-electron chi connectivity index (χ2n) is 4.49. The molecule has 2 aromatic rings. The van der Waals surface area contributed by atoms with E-state index in [-0.39, 0.29) is 11.4 Å². The van der Waals surface area contributed by atoms with Gasteiger partial charge in [-0.15, -0.1) is 0 Å². The van der Waals surface area contributed by atoms with Gasteiger partial charge in [-0.25, -0.2) is 16.8 Å². The maximum atomic E-state index is 12.3. The van der Waals surface area contributed by atoms with Crippen LogP contribution in [0.3, 0.4) is 0 Å². The zero-order chi connectivity index (χ0) is 20.0. The van der Waals surface area contributed by atoms with Gasteiger partial charge in [0.25, 0.3) is 36.2 Å². The molecule has 0 amide bonds. The minimum atomic E-state index is -4.79. The largest absolute Gasteiger partial charge is 0.300 e. The molecule has 0 aliphatic rings. The van der Waals surface area contributed by atoms with Gasteiger partial charge in [-0.1, -0.05) is 99.9 Å². The van der Waals surface area contributed by atoms with Crippen molar-refractivity contribution in [3.63, 3.8) is 0 Å². The molecule has 0 aliphatic heterocycles.